The molecule has 0 radical (unpaired) electrons. The number of aromatic nitrogens is 2. The van der Waals surface area contributed by atoms with Crippen LogP contribution in [-0.4, -0.2) is 23.4 Å². The SMILES string of the molecule is Brc1ccc(C2(c3ccn[nH]3)CCOCC2)cc1. The summed E-state index contributed by atoms with van der Waals surface area (Å²) < 4.78 is 6.63. The topological polar surface area (TPSA) is 37.9 Å². The maximum atomic E-state index is 5.52. The maximum Gasteiger partial charge on any atom is 0.0490 e. The molecular formula is C14H15BrN2O. The molecule has 4 heteroatoms. The molecule has 0 bridgehead atoms. The number of H-pyrrole nitrogens is 1. The lowest BCUT2D eigenvalue weighted by Crippen LogP contribution is -2.35. The van der Waals surface area contributed by atoms with Gasteiger partial charge in [-0.3, -0.25) is 5.10 Å². The minimum absolute atomic E-state index is 0.0233. The van der Waals surface area contributed by atoms with Gasteiger partial charge in [-0.2, -0.15) is 5.10 Å². The summed E-state index contributed by atoms with van der Waals surface area (Å²) in [5.41, 5.74) is 2.54. The quantitative estimate of drug-likeness (QED) is 0.924. The van der Waals surface area contributed by atoms with Crippen molar-refractivity contribution in [1.29, 1.82) is 0 Å². The van der Waals surface area contributed by atoms with Gasteiger partial charge in [-0.25, -0.2) is 0 Å². The summed E-state index contributed by atoms with van der Waals surface area (Å²) in [6.45, 7) is 1.60. The van der Waals surface area contributed by atoms with Crippen LogP contribution in [0.1, 0.15) is 24.1 Å². The van der Waals surface area contributed by atoms with Gasteiger partial charge < -0.3 is 4.74 Å². The van der Waals surface area contributed by atoms with Crippen molar-refractivity contribution >= 4 is 15.9 Å². The monoisotopic (exact) mass is 306 g/mol. The Bertz CT molecular complexity index is 501. The van der Waals surface area contributed by atoms with E-state index in [-0.39, 0.29) is 5.41 Å². The lowest BCUT2D eigenvalue weighted by molar-refractivity contribution is 0.0618. The lowest BCUT2D eigenvalue weighted by atomic mass is 9.72. The standard InChI is InChI=1S/C14H15BrN2O/c15-12-3-1-11(2-4-12)14(6-9-18-10-7-14)13-5-8-16-17-13/h1-5,8H,6-7,9-10H2,(H,16,17). The van der Waals surface area contributed by atoms with Crippen molar-refractivity contribution in [3.8, 4) is 0 Å². The second-order valence-electron chi connectivity index (χ2n) is 4.67. The van der Waals surface area contributed by atoms with Gasteiger partial charge in [-0.1, -0.05) is 28.1 Å². The highest BCUT2D eigenvalue weighted by atomic mass is 79.9. The fraction of sp³-hybridized carbons (Fsp3) is 0.357. The molecule has 3 rings (SSSR count). The first-order valence-corrected chi connectivity index (χ1v) is 6.94. The fourth-order valence-corrected chi connectivity index (χ4v) is 2.99. The van der Waals surface area contributed by atoms with Gasteiger partial charge in [-0.15, -0.1) is 0 Å². The highest BCUT2D eigenvalue weighted by Gasteiger charge is 2.37. The Balaban J connectivity index is 2.07. The molecule has 1 aliphatic rings. The van der Waals surface area contributed by atoms with E-state index < -0.39 is 0 Å². The van der Waals surface area contributed by atoms with E-state index in [4.69, 9.17) is 4.74 Å². The number of aromatic amines is 1. The average molecular weight is 307 g/mol. The van der Waals surface area contributed by atoms with Crippen molar-refractivity contribution in [2.24, 2.45) is 0 Å². The van der Waals surface area contributed by atoms with Gasteiger partial charge in [0, 0.05) is 35.0 Å². The van der Waals surface area contributed by atoms with E-state index in [0.29, 0.717) is 0 Å². The second kappa shape index (κ2) is 4.86. The summed E-state index contributed by atoms with van der Waals surface area (Å²) in [5, 5.41) is 7.25. The first-order valence-electron chi connectivity index (χ1n) is 6.15. The molecule has 94 valence electrons. The summed E-state index contributed by atoms with van der Waals surface area (Å²) in [4.78, 5) is 0. The Morgan fingerprint density at radius 2 is 1.83 bits per heavy atom. The number of hydrogen-bond donors (Lipinski definition) is 1. The van der Waals surface area contributed by atoms with E-state index in [2.05, 4.69) is 56.5 Å². The van der Waals surface area contributed by atoms with E-state index in [1.165, 1.54) is 11.3 Å². The third-order valence-electron chi connectivity index (χ3n) is 3.76. The van der Waals surface area contributed by atoms with Gasteiger partial charge >= 0.3 is 0 Å². The van der Waals surface area contributed by atoms with E-state index in [1.807, 2.05) is 6.20 Å². The third kappa shape index (κ3) is 1.99. The summed E-state index contributed by atoms with van der Waals surface area (Å²) in [7, 11) is 0. The van der Waals surface area contributed by atoms with Crippen LogP contribution in [-0.2, 0) is 10.2 Å². The molecule has 0 atom stereocenters. The van der Waals surface area contributed by atoms with Crippen LogP contribution in [0.5, 0.6) is 0 Å². The smallest absolute Gasteiger partial charge is 0.0490 e. The normalized spacial score (nSPS) is 18.7. The first kappa shape index (κ1) is 11.9. The second-order valence-corrected chi connectivity index (χ2v) is 5.59. The van der Waals surface area contributed by atoms with Crippen LogP contribution in [0, 0.1) is 0 Å². The molecule has 0 saturated carbocycles. The molecule has 3 nitrogen and oxygen atoms in total. The molecule has 1 aliphatic heterocycles. The molecule has 1 aromatic carbocycles. The Labute approximate surface area is 115 Å². The van der Waals surface area contributed by atoms with Crippen LogP contribution < -0.4 is 0 Å². The molecule has 2 heterocycles. The lowest BCUT2D eigenvalue weighted by Gasteiger charge is -2.36. The molecule has 2 aromatic rings. The van der Waals surface area contributed by atoms with Crippen LogP contribution >= 0.6 is 15.9 Å². The summed E-state index contributed by atoms with van der Waals surface area (Å²) in [6, 6.07) is 10.7. The number of hydrogen-bond acceptors (Lipinski definition) is 2. The van der Waals surface area contributed by atoms with Gasteiger partial charge in [-0.05, 0) is 36.6 Å². The number of nitrogens with zero attached hydrogens (tertiary/aromatic N) is 1. The molecule has 18 heavy (non-hydrogen) atoms. The zero-order chi connectivity index (χ0) is 12.4. The molecule has 0 amide bonds. The van der Waals surface area contributed by atoms with Gasteiger partial charge in [0.15, 0.2) is 0 Å². The average Bonchev–Trinajstić information content (AvgIpc) is 2.95. The van der Waals surface area contributed by atoms with Crippen LogP contribution in [0.4, 0.5) is 0 Å². The van der Waals surface area contributed by atoms with Crippen molar-refractivity contribution in [2.75, 3.05) is 13.2 Å². The van der Waals surface area contributed by atoms with E-state index in [0.717, 1.165) is 30.5 Å². The van der Waals surface area contributed by atoms with Crippen molar-refractivity contribution in [2.45, 2.75) is 18.3 Å². The van der Waals surface area contributed by atoms with Gasteiger partial charge in [0.2, 0.25) is 0 Å². The highest BCUT2D eigenvalue weighted by Crippen LogP contribution is 2.40. The Hall–Kier alpha value is -1.13. The molecule has 0 aliphatic carbocycles. The highest BCUT2D eigenvalue weighted by molar-refractivity contribution is 9.10. The van der Waals surface area contributed by atoms with Crippen LogP contribution in [0.3, 0.4) is 0 Å². The van der Waals surface area contributed by atoms with Gasteiger partial charge in [0.25, 0.3) is 0 Å². The van der Waals surface area contributed by atoms with Crippen molar-refractivity contribution in [1.82, 2.24) is 10.2 Å². The molecule has 1 N–H and O–H groups in total. The molecule has 0 spiro atoms. The van der Waals surface area contributed by atoms with Crippen LogP contribution in [0.2, 0.25) is 0 Å². The number of halogens is 1. The minimum Gasteiger partial charge on any atom is -0.381 e. The maximum absolute atomic E-state index is 5.52. The zero-order valence-electron chi connectivity index (χ0n) is 10.0. The van der Waals surface area contributed by atoms with Gasteiger partial charge in [0.05, 0.1) is 0 Å². The largest absolute Gasteiger partial charge is 0.381 e. The van der Waals surface area contributed by atoms with E-state index in [9.17, 15) is 0 Å². The van der Waals surface area contributed by atoms with Gasteiger partial charge in [0.1, 0.15) is 0 Å². The number of nitrogens with one attached hydrogen (secondary N) is 1. The fourth-order valence-electron chi connectivity index (χ4n) is 2.72. The Morgan fingerprint density at radius 1 is 1.11 bits per heavy atom. The first-order chi connectivity index (χ1) is 8.81. The van der Waals surface area contributed by atoms with Crippen molar-refractivity contribution in [3.05, 3.63) is 52.3 Å². The number of rotatable bonds is 2. The van der Waals surface area contributed by atoms with Crippen LogP contribution in [0.25, 0.3) is 0 Å². The minimum atomic E-state index is 0.0233. The molecule has 1 aromatic heterocycles. The van der Waals surface area contributed by atoms with E-state index in [1.54, 1.807) is 0 Å². The summed E-state index contributed by atoms with van der Waals surface area (Å²) in [6.07, 6.45) is 3.82. The predicted molar refractivity (Wildman–Crippen MR) is 73.6 cm³/mol. The predicted octanol–water partition coefficient (Wildman–Crippen LogP) is 3.27. The zero-order valence-corrected chi connectivity index (χ0v) is 11.6. The molecule has 0 unspecified atom stereocenters. The number of benzene rings is 1. The summed E-state index contributed by atoms with van der Waals surface area (Å²) in [5.74, 6) is 0. The molecule has 1 saturated heterocycles. The molecule has 1 fully saturated rings. The Kier molecular flexibility index (Phi) is 3.22. The Morgan fingerprint density at radius 3 is 2.44 bits per heavy atom. The van der Waals surface area contributed by atoms with E-state index >= 15 is 0 Å². The number of ether oxygens (including phenoxy) is 1. The van der Waals surface area contributed by atoms with Crippen molar-refractivity contribution < 1.29 is 4.74 Å². The molecular weight excluding hydrogens is 292 g/mol. The summed E-state index contributed by atoms with van der Waals surface area (Å²) >= 11 is 3.49. The van der Waals surface area contributed by atoms with Crippen molar-refractivity contribution in [3.63, 3.8) is 0 Å². The van der Waals surface area contributed by atoms with Crippen LogP contribution in [0.15, 0.2) is 41.0 Å². The third-order valence-corrected chi connectivity index (χ3v) is 4.29.